The van der Waals surface area contributed by atoms with E-state index in [-0.39, 0.29) is 0 Å². The van der Waals surface area contributed by atoms with Crippen molar-refractivity contribution in [2.24, 2.45) is 0 Å². The summed E-state index contributed by atoms with van der Waals surface area (Å²) in [5.41, 5.74) is 0. The molecule has 1 aromatic rings. The molecule has 1 radical (unpaired) electrons. The average Bonchev–Trinajstić information content (AvgIpc) is 1.77. The van der Waals surface area contributed by atoms with Crippen LogP contribution in [0.1, 0.15) is 0 Å². The second-order valence-corrected chi connectivity index (χ2v) is 3.05. The van der Waals surface area contributed by atoms with Crippen molar-refractivity contribution < 1.29 is 0 Å². The van der Waals surface area contributed by atoms with Gasteiger partial charge in [-0.2, -0.15) is 0 Å². The lowest BCUT2D eigenvalue weighted by molar-refractivity contribution is 1.58. The Morgan fingerprint density at radius 3 is 2.38 bits per heavy atom. The predicted molar refractivity (Wildman–Crippen MR) is 40.7 cm³/mol. The van der Waals surface area contributed by atoms with Crippen LogP contribution >= 0.6 is 31.9 Å². The molecule has 0 amide bonds. The number of hydrogen-bond acceptors (Lipinski definition) is 0. The quantitative estimate of drug-likeness (QED) is 0.648. The molecule has 1 rings (SSSR count). The SMILES string of the molecule is Brc1c[c]ccc1Br. The van der Waals surface area contributed by atoms with Gasteiger partial charge >= 0.3 is 0 Å². The topological polar surface area (TPSA) is 0 Å². The van der Waals surface area contributed by atoms with E-state index >= 15 is 0 Å². The minimum atomic E-state index is 1.04. The predicted octanol–water partition coefficient (Wildman–Crippen LogP) is 3.01. The minimum absolute atomic E-state index is 1.04. The van der Waals surface area contributed by atoms with Crippen molar-refractivity contribution in [3.05, 3.63) is 33.2 Å². The molecule has 41 valence electrons. The van der Waals surface area contributed by atoms with Gasteiger partial charge in [0.15, 0.2) is 0 Å². The Bertz CT molecular complexity index is 163. The van der Waals surface area contributed by atoms with Gasteiger partial charge in [0.1, 0.15) is 0 Å². The van der Waals surface area contributed by atoms with Crippen molar-refractivity contribution in [2.45, 2.75) is 0 Å². The standard InChI is InChI=1S/C6H3Br2/c7-5-3-1-2-4-6(5)8/h1,3-4H. The maximum Gasteiger partial charge on any atom is 0.0323 e. The fraction of sp³-hybridized carbons (Fsp3) is 0. The second kappa shape index (κ2) is 2.65. The molecule has 0 atom stereocenters. The van der Waals surface area contributed by atoms with E-state index in [0.29, 0.717) is 0 Å². The van der Waals surface area contributed by atoms with Crippen LogP contribution in [0.5, 0.6) is 0 Å². The van der Waals surface area contributed by atoms with Crippen molar-refractivity contribution in [2.75, 3.05) is 0 Å². The summed E-state index contributed by atoms with van der Waals surface area (Å²) in [6, 6.07) is 8.58. The zero-order valence-electron chi connectivity index (χ0n) is 3.99. The van der Waals surface area contributed by atoms with Crippen molar-refractivity contribution in [3.8, 4) is 0 Å². The smallest absolute Gasteiger partial charge is 0.0323 e. The molecule has 0 saturated carbocycles. The summed E-state index contributed by atoms with van der Waals surface area (Å²) >= 11 is 6.65. The first kappa shape index (κ1) is 6.30. The van der Waals surface area contributed by atoms with Gasteiger partial charge in [0.05, 0.1) is 0 Å². The molecule has 0 aromatic heterocycles. The van der Waals surface area contributed by atoms with E-state index in [9.17, 15) is 0 Å². The lowest BCUT2D eigenvalue weighted by Crippen LogP contribution is -1.64. The zero-order chi connectivity index (χ0) is 5.98. The molecule has 0 aliphatic carbocycles. The van der Waals surface area contributed by atoms with Crippen molar-refractivity contribution in [1.29, 1.82) is 0 Å². The molecule has 0 N–H and O–H groups in total. The van der Waals surface area contributed by atoms with Crippen LogP contribution in [0.2, 0.25) is 0 Å². The van der Waals surface area contributed by atoms with Gasteiger partial charge in [-0.05, 0) is 50.1 Å². The summed E-state index contributed by atoms with van der Waals surface area (Å²) in [5, 5.41) is 0. The highest BCUT2D eigenvalue weighted by atomic mass is 79.9. The Hall–Kier alpha value is 0.180. The molecule has 0 aliphatic rings. The van der Waals surface area contributed by atoms with Gasteiger partial charge in [-0.3, -0.25) is 0 Å². The Balaban J connectivity index is 3.13. The van der Waals surface area contributed by atoms with Gasteiger partial charge in [0, 0.05) is 8.95 Å². The second-order valence-electron chi connectivity index (χ2n) is 1.34. The van der Waals surface area contributed by atoms with Gasteiger partial charge in [-0.15, -0.1) is 0 Å². The summed E-state index contributed by atoms with van der Waals surface area (Å²) in [7, 11) is 0. The summed E-state index contributed by atoms with van der Waals surface area (Å²) in [6.07, 6.45) is 0. The van der Waals surface area contributed by atoms with Crippen LogP contribution in [-0.4, -0.2) is 0 Å². The highest BCUT2D eigenvalue weighted by Gasteiger charge is 1.88. The minimum Gasteiger partial charge on any atom is -0.0532 e. The van der Waals surface area contributed by atoms with Crippen LogP contribution in [-0.2, 0) is 0 Å². The van der Waals surface area contributed by atoms with Crippen LogP contribution in [0.4, 0.5) is 0 Å². The molecule has 2 heteroatoms. The molecule has 1 aromatic carbocycles. The lowest BCUT2D eigenvalue weighted by atomic mass is 10.4. The molecule has 0 heterocycles. The third-order valence-corrected chi connectivity index (χ3v) is 2.64. The first-order chi connectivity index (χ1) is 3.80. The number of rotatable bonds is 0. The van der Waals surface area contributed by atoms with E-state index in [2.05, 4.69) is 37.9 Å². The fourth-order valence-electron chi connectivity index (χ4n) is 0.391. The Labute approximate surface area is 65.2 Å². The fourth-order valence-corrected chi connectivity index (χ4v) is 0.902. The monoisotopic (exact) mass is 233 g/mol. The summed E-state index contributed by atoms with van der Waals surface area (Å²) in [5.74, 6) is 0. The highest BCUT2D eigenvalue weighted by Crippen LogP contribution is 2.20. The number of benzene rings is 1. The molecule has 8 heavy (non-hydrogen) atoms. The molecule has 0 nitrogen and oxygen atoms in total. The Kier molecular flexibility index (Phi) is 2.08. The molecule has 0 bridgehead atoms. The highest BCUT2D eigenvalue weighted by molar-refractivity contribution is 9.13. The largest absolute Gasteiger partial charge is 0.0532 e. The molecule has 0 spiro atoms. The maximum atomic E-state index is 3.33. The van der Waals surface area contributed by atoms with E-state index in [1.54, 1.807) is 0 Å². The van der Waals surface area contributed by atoms with Crippen LogP contribution < -0.4 is 0 Å². The third-order valence-electron chi connectivity index (χ3n) is 0.764. The Morgan fingerprint density at radius 2 is 2.00 bits per heavy atom. The third kappa shape index (κ3) is 1.33. The van der Waals surface area contributed by atoms with Gasteiger partial charge in [0.2, 0.25) is 0 Å². The summed E-state index contributed by atoms with van der Waals surface area (Å²) in [6.45, 7) is 0. The molecule has 0 unspecified atom stereocenters. The van der Waals surface area contributed by atoms with Gasteiger partial charge in [-0.25, -0.2) is 0 Å². The van der Waals surface area contributed by atoms with E-state index < -0.39 is 0 Å². The van der Waals surface area contributed by atoms with Crippen molar-refractivity contribution in [3.63, 3.8) is 0 Å². The summed E-state index contributed by atoms with van der Waals surface area (Å²) < 4.78 is 2.11. The lowest BCUT2D eigenvalue weighted by Gasteiger charge is -1.88. The van der Waals surface area contributed by atoms with Crippen LogP contribution in [0, 0.1) is 6.07 Å². The summed E-state index contributed by atoms with van der Waals surface area (Å²) in [4.78, 5) is 0. The van der Waals surface area contributed by atoms with E-state index in [4.69, 9.17) is 0 Å². The Morgan fingerprint density at radius 1 is 1.25 bits per heavy atom. The molecule has 0 fully saturated rings. The van der Waals surface area contributed by atoms with Crippen LogP contribution in [0.3, 0.4) is 0 Å². The molecule has 0 saturated heterocycles. The average molecular weight is 235 g/mol. The van der Waals surface area contributed by atoms with Gasteiger partial charge in [-0.1, -0.05) is 6.07 Å². The van der Waals surface area contributed by atoms with Crippen molar-refractivity contribution >= 4 is 31.9 Å². The molecular formula is C6H3Br2. The normalized spacial score (nSPS) is 9.25. The van der Waals surface area contributed by atoms with E-state index in [1.165, 1.54) is 0 Å². The first-order valence-corrected chi connectivity index (χ1v) is 3.70. The van der Waals surface area contributed by atoms with Crippen LogP contribution in [0.15, 0.2) is 27.1 Å². The van der Waals surface area contributed by atoms with E-state index in [0.717, 1.165) is 8.95 Å². The maximum absolute atomic E-state index is 3.33. The van der Waals surface area contributed by atoms with Crippen LogP contribution in [0.25, 0.3) is 0 Å². The first-order valence-electron chi connectivity index (χ1n) is 2.12. The molecular weight excluding hydrogens is 232 g/mol. The van der Waals surface area contributed by atoms with E-state index in [1.807, 2.05) is 18.2 Å². The zero-order valence-corrected chi connectivity index (χ0v) is 7.16. The number of hydrogen-bond donors (Lipinski definition) is 0. The number of halogens is 2. The molecule has 0 aliphatic heterocycles. The van der Waals surface area contributed by atoms with Gasteiger partial charge < -0.3 is 0 Å². The van der Waals surface area contributed by atoms with Crippen molar-refractivity contribution in [1.82, 2.24) is 0 Å². The van der Waals surface area contributed by atoms with Gasteiger partial charge in [0.25, 0.3) is 0 Å².